The number of aldehydes is 1. The molecule has 7 aliphatic rings. The molecule has 0 radical (unpaired) electrons. The number of carbonyl (C=O) groups excluding carboxylic acids is 2. The van der Waals surface area contributed by atoms with Crippen LogP contribution in [0.15, 0.2) is 35.5 Å². The van der Waals surface area contributed by atoms with Crippen molar-refractivity contribution in [3.05, 3.63) is 35.5 Å². The Labute approximate surface area is 271 Å². The highest BCUT2D eigenvalue weighted by molar-refractivity contribution is 5.87. The molecule has 10 heteroatoms. The molecular formula is C36H52N2O8. The monoisotopic (exact) mass is 640 g/mol. The highest BCUT2D eigenvalue weighted by Gasteiger charge is 2.86. The van der Waals surface area contributed by atoms with Crippen molar-refractivity contribution in [2.24, 2.45) is 52.3 Å². The molecule has 6 aliphatic carbocycles. The third-order valence-corrected chi connectivity index (χ3v) is 13.9. The summed E-state index contributed by atoms with van der Waals surface area (Å²) >= 11 is 0. The highest BCUT2D eigenvalue weighted by Crippen LogP contribution is 2.77. The van der Waals surface area contributed by atoms with Gasteiger partial charge in [0, 0.05) is 49.4 Å². The van der Waals surface area contributed by atoms with E-state index in [2.05, 4.69) is 16.7 Å². The number of fused-ring (bicyclic) bond motifs is 6. The van der Waals surface area contributed by atoms with Gasteiger partial charge < -0.3 is 45.7 Å². The molecule has 254 valence electrons. The van der Waals surface area contributed by atoms with Gasteiger partial charge in [0.25, 0.3) is 0 Å². The molecule has 1 heterocycles. The van der Waals surface area contributed by atoms with Gasteiger partial charge in [-0.2, -0.15) is 0 Å². The van der Waals surface area contributed by atoms with Crippen LogP contribution in [0.25, 0.3) is 0 Å². The number of ether oxygens (including phenoxy) is 1. The number of nitrogens with one attached hydrogen (secondary N) is 2. The van der Waals surface area contributed by atoms with Crippen LogP contribution >= 0.6 is 0 Å². The Balaban J connectivity index is 1.39. The molecule has 0 aromatic heterocycles. The lowest BCUT2D eigenvalue weighted by Gasteiger charge is -2.75. The molecule has 7 rings (SSSR count). The summed E-state index contributed by atoms with van der Waals surface area (Å²) in [7, 11) is 1.88. The zero-order valence-corrected chi connectivity index (χ0v) is 27.5. The molecule has 0 unspecified atom stereocenters. The van der Waals surface area contributed by atoms with Gasteiger partial charge >= 0.3 is 5.97 Å². The standard InChI is InChI=1S/C36H52N2O8/c1-19(2)5-8-26-31(42)36(45)30-20(6-7-23-12-24(40)16-34(26,43)33(23,30)18-39)14-32(3)28-21(15-35(32,36)44)11-22(17-38-10-9-37-4)29-25(28)13-27(41)46-29/h6-7,11,13,18-21,23-24,26,28-31,37-38,40,42-45H,5,8-10,12,14-17H2,1-4H3/t20-,21-,23+,24+,26+,28-,29+,30-,31-,32-,33-,34-,35-,36-/m1/s1. The fraction of sp³-hybridized carbons (Fsp3) is 0.778. The lowest BCUT2D eigenvalue weighted by molar-refractivity contribution is -0.379. The zero-order valence-electron chi connectivity index (χ0n) is 27.5. The van der Waals surface area contributed by atoms with Gasteiger partial charge in [0.15, 0.2) is 0 Å². The third kappa shape index (κ3) is 3.89. The van der Waals surface area contributed by atoms with Crippen LogP contribution in [0.1, 0.15) is 59.3 Å². The SMILES string of the molecule is CNCCNCC1=C[C@@H]2C[C@]3(O)[C@]4(O)[C@H](O)[C@H](CCC(C)C)[C@]5(O)C[C@@H](O)C[C@@H]6C=C[C@H](C[C@]3(C)[C@H]2C2=CC(=O)O[C@@H]12)[C@@H]4[C@@]65C=O. The Morgan fingerprint density at radius 1 is 1.09 bits per heavy atom. The first kappa shape index (κ1) is 32.6. The summed E-state index contributed by atoms with van der Waals surface area (Å²) in [5.41, 5.74) is -6.58. The van der Waals surface area contributed by atoms with Crippen LogP contribution in [0.5, 0.6) is 0 Å². The van der Waals surface area contributed by atoms with Crippen molar-refractivity contribution in [1.82, 2.24) is 10.6 Å². The van der Waals surface area contributed by atoms with Gasteiger partial charge in [-0.25, -0.2) is 4.79 Å². The lowest BCUT2D eigenvalue weighted by atomic mass is 9.32. The summed E-state index contributed by atoms with van der Waals surface area (Å²) in [5, 5.41) is 69.6. The third-order valence-electron chi connectivity index (χ3n) is 13.9. The normalized spacial score (nSPS) is 51.4. The predicted octanol–water partition coefficient (Wildman–Crippen LogP) is 1.01. The van der Waals surface area contributed by atoms with E-state index in [1.54, 1.807) is 6.08 Å². The topological polar surface area (TPSA) is 169 Å². The van der Waals surface area contributed by atoms with E-state index >= 15 is 0 Å². The maximum Gasteiger partial charge on any atom is 0.331 e. The quantitative estimate of drug-likeness (QED) is 0.0836. The minimum atomic E-state index is -2.15. The largest absolute Gasteiger partial charge is 0.450 e. The molecule has 10 nitrogen and oxygen atoms in total. The summed E-state index contributed by atoms with van der Waals surface area (Å²) < 4.78 is 5.85. The van der Waals surface area contributed by atoms with Gasteiger partial charge in [-0.05, 0) is 73.5 Å². The van der Waals surface area contributed by atoms with E-state index in [9.17, 15) is 35.1 Å². The Bertz CT molecular complexity index is 1380. The van der Waals surface area contributed by atoms with Crippen LogP contribution in [-0.2, 0) is 14.3 Å². The average molecular weight is 641 g/mol. The molecule has 0 amide bonds. The smallest absolute Gasteiger partial charge is 0.331 e. The molecule has 4 saturated carbocycles. The summed E-state index contributed by atoms with van der Waals surface area (Å²) in [5.74, 6) is -3.71. The van der Waals surface area contributed by atoms with E-state index in [1.807, 2.05) is 40.0 Å². The minimum absolute atomic E-state index is 0.0726. The van der Waals surface area contributed by atoms with Crippen molar-refractivity contribution >= 4 is 12.3 Å². The first-order chi connectivity index (χ1) is 21.7. The second kappa shape index (κ2) is 10.8. The molecule has 0 aromatic carbocycles. The molecular weight excluding hydrogens is 588 g/mol. The highest BCUT2D eigenvalue weighted by atomic mass is 16.5. The van der Waals surface area contributed by atoms with Crippen LogP contribution in [-0.4, -0.2) is 99.6 Å². The number of carbonyl (C=O) groups is 2. The fourth-order valence-electron chi connectivity index (χ4n) is 12.2. The van der Waals surface area contributed by atoms with Crippen molar-refractivity contribution in [2.45, 2.75) is 94.4 Å². The first-order valence-corrected chi connectivity index (χ1v) is 17.4. The van der Waals surface area contributed by atoms with E-state index in [1.165, 1.54) is 0 Å². The summed E-state index contributed by atoms with van der Waals surface area (Å²) in [6.45, 7) is 8.04. The summed E-state index contributed by atoms with van der Waals surface area (Å²) in [6, 6.07) is 0. The Hall–Kier alpha value is -1.92. The van der Waals surface area contributed by atoms with Gasteiger partial charge in [-0.1, -0.05) is 45.4 Å². The van der Waals surface area contributed by atoms with Crippen molar-refractivity contribution in [3.63, 3.8) is 0 Å². The van der Waals surface area contributed by atoms with E-state index < -0.39 is 75.6 Å². The van der Waals surface area contributed by atoms with Gasteiger partial charge in [0.2, 0.25) is 0 Å². The van der Waals surface area contributed by atoms with E-state index in [-0.39, 0.29) is 37.0 Å². The molecule has 7 N–H and O–H groups in total. The van der Waals surface area contributed by atoms with Crippen molar-refractivity contribution in [2.75, 3.05) is 26.7 Å². The number of likely N-dealkylation sites (N-methyl/N-ethyl adjacent to an activating group) is 1. The van der Waals surface area contributed by atoms with E-state index in [0.29, 0.717) is 25.8 Å². The Morgan fingerprint density at radius 2 is 1.85 bits per heavy atom. The summed E-state index contributed by atoms with van der Waals surface area (Å²) in [6.07, 6.45) is 7.03. The maximum atomic E-state index is 13.7. The van der Waals surface area contributed by atoms with Crippen molar-refractivity contribution in [3.8, 4) is 0 Å². The van der Waals surface area contributed by atoms with Crippen LogP contribution in [0.2, 0.25) is 0 Å². The summed E-state index contributed by atoms with van der Waals surface area (Å²) in [4.78, 5) is 26.5. The van der Waals surface area contributed by atoms with Crippen LogP contribution in [0.4, 0.5) is 0 Å². The van der Waals surface area contributed by atoms with Crippen LogP contribution < -0.4 is 10.6 Å². The number of esters is 1. The second-order valence-corrected chi connectivity index (χ2v) is 16.4. The predicted molar refractivity (Wildman–Crippen MR) is 169 cm³/mol. The van der Waals surface area contributed by atoms with Gasteiger partial charge in [-0.15, -0.1) is 0 Å². The van der Waals surface area contributed by atoms with E-state index in [0.717, 1.165) is 30.5 Å². The molecule has 1 aliphatic heterocycles. The van der Waals surface area contributed by atoms with E-state index in [4.69, 9.17) is 4.74 Å². The molecule has 0 bridgehead atoms. The van der Waals surface area contributed by atoms with Crippen molar-refractivity contribution in [1.29, 1.82) is 0 Å². The molecule has 0 spiro atoms. The number of hydrogen-bond donors (Lipinski definition) is 7. The lowest BCUT2D eigenvalue weighted by Crippen LogP contribution is -2.86. The van der Waals surface area contributed by atoms with Crippen molar-refractivity contribution < 1.29 is 39.9 Å². The first-order valence-electron chi connectivity index (χ1n) is 17.4. The molecule has 0 aromatic rings. The number of rotatable bonds is 9. The Morgan fingerprint density at radius 3 is 2.54 bits per heavy atom. The van der Waals surface area contributed by atoms with Gasteiger partial charge in [0.1, 0.15) is 23.6 Å². The number of aliphatic hydroxyl groups excluding tert-OH is 2. The average Bonchev–Trinajstić information content (AvgIpc) is 3.48. The van der Waals surface area contributed by atoms with Crippen LogP contribution in [0.3, 0.4) is 0 Å². The maximum absolute atomic E-state index is 13.7. The second-order valence-electron chi connectivity index (χ2n) is 16.4. The molecule has 4 fully saturated rings. The molecule has 46 heavy (non-hydrogen) atoms. The minimum Gasteiger partial charge on any atom is -0.450 e. The van der Waals surface area contributed by atoms with Gasteiger partial charge in [-0.3, -0.25) is 0 Å². The number of allylic oxidation sites excluding steroid dienone is 3. The molecule has 0 saturated heterocycles. The van der Waals surface area contributed by atoms with Gasteiger partial charge in [0.05, 0.1) is 23.2 Å². The Kier molecular flexibility index (Phi) is 7.65. The van der Waals surface area contributed by atoms with Crippen LogP contribution in [0, 0.1) is 52.3 Å². The number of hydrogen-bond acceptors (Lipinski definition) is 10. The number of aliphatic hydroxyl groups is 5. The molecule has 14 atom stereocenters. The fourth-order valence-corrected chi connectivity index (χ4v) is 12.2. The zero-order chi connectivity index (χ0) is 33.0.